The van der Waals surface area contributed by atoms with Crippen molar-refractivity contribution in [2.24, 2.45) is 0 Å². The second-order valence-corrected chi connectivity index (χ2v) is 15.7. The molecule has 0 radical (unpaired) electrons. The Morgan fingerprint density at radius 2 is 1.36 bits per heavy atom. The molecule has 0 atom stereocenters. The Hall–Kier alpha value is -3.11. The number of halogens is 1. The van der Waals surface area contributed by atoms with Crippen LogP contribution < -0.4 is 5.19 Å². The lowest BCUT2D eigenvalue weighted by Crippen LogP contribution is -2.37. The van der Waals surface area contributed by atoms with Crippen LogP contribution in [0.1, 0.15) is 26.3 Å². The van der Waals surface area contributed by atoms with Crippen molar-refractivity contribution in [2.75, 3.05) is 0 Å². The van der Waals surface area contributed by atoms with Gasteiger partial charge in [0.1, 0.15) is 5.82 Å². The zero-order valence-electron chi connectivity index (χ0n) is 20.3. The van der Waals surface area contributed by atoms with E-state index in [0.29, 0.717) is 0 Å². The van der Waals surface area contributed by atoms with Gasteiger partial charge in [0.25, 0.3) is 0 Å². The van der Waals surface area contributed by atoms with Crippen LogP contribution >= 0.6 is 0 Å². The molecule has 0 aliphatic carbocycles. The van der Waals surface area contributed by atoms with Crippen LogP contribution in [0.2, 0.25) is 19.6 Å². The van der Waals surface area contributed by atoms with Gasteiger partial charge in [-0.05, 0) is 52.4 Å². The molecule has 2 aromatic heterocycles. The van der Waals surface area contributed by atoms with E-state index in [9.17, 15) is 4.39 Å². The average molecular weight is 455 g/mol. The van der Waals surface area contributed by atoms with E-state index in [2.05, 4.69) is 92.8 Å². The van der Waals surface area contributed by atoms with Gasteiger partial charge in [0.15, 0.2) is 0 Å². The van der Waals surface area contributed by atoms with Crippen LogP contribution in [0.25, 0.3) is 33.6 Å². The van der Waals surface area contributed by atoms with Gasteiger partial charge in [0, 0.05) is 17.3 Å². The Morgan fingerprint density at radius 3 is 1.94 bits per heavy atom. The number of pyridine rings is 2. The van der Waals surface area contributed by atoms with Gasteiger partial charge in [0.2, 0.25) is 0 Å². The highest BCUT2D eigenvalue weighted by Gasteiger charge is 2.22. The molecule has 0 spiro atoms. The molecule has 0 fully saturated rings. The molecule has 33 heavy (non-hydrogen) atoms. The van der Waals surface area contributed by atoms with Crippen molar-refractivity contribution in [3.8, 4) is 33.6 Å². The predicted octanol–water partition coefficient (Wildman–Crippen LogP) is 7.46. The van der Waals surface area contributed by atoms with Gasteiger partial charge in [-0.1, -0.05) is 82.0 Å². The smallest absolute Gasteiger partial charge is 0.141 e. The first-order valence-corrected chi connectivity index (χ1v) is 14.9. The van der Waals surface area contributed by atoms with Crippen molar-refractivity contribution >= 4 is 13.3 Å². The van der Waals surface area contributed by atoms with Crippen molar-refractivity contribution in [1.82, 2.24) is 9.97 Å². The minimum absolute atomic E-state index is 0.0151. The van der Waals surface area contributed by atoms with E-state index in [4.69, 9.17) is 0 Å². The molecule has 0 amide bonds. The van der Waals surface area contributed by atoms with Gasteiger partial charge < -0.3 is 0 Å². The summed E-state index contributed by atoms with van der Waals surface area (Å²) in [4.78, 5) is 9.11. The van der Waals surface area contributed by atoms with Crippen molar-refractivity contribution in [3.05, 3.63) is 90.5 Å². The quantitative estimate of drug-likeness (QED) is 0.299. The molecular weight excluding hydrogens is 423 g/mol. The number of nitrogens with zero attached hydrogens (tertiary/aromatic N) is 2. The standard InChI is InChI=1S/C29H31FN2Si/c1-29(2,3)20-10-13-23(25(17-20)28-15-11-21(30)19-32-28)24-14-12-22(33(4,5)6)18-26(24)27-9-7-8-16-31-27/h7-19H,1-6H3. The molecule has 0 aliphatic rings. The number of rotatable bonds is 4. The van der Waals surface area contributed by atoms with Gasteiger partial charge in [-0.15, -0.1) is 0 Å². The fraction of sp³-hybridized carbons (Fsp3) is 0.241. The highest BCUT2D eigenvalue weighted by atomic mass is 28.3. The topological polar surface area (TPSA) is 25.8 Å². The van der Waals surface area contributed by atoms with Crippen LogP contribution in [-0.4, -0.2) is 18.0 Å². The molecule has 0 bridgehead atoms. The third-order valence-electron chi connectivity index (χ3n) is 6.01. The van der Waals surface area contributed by atoms with Crippen molar-refractivity contribution in [1.29, 1.82) is 0 Å². The van der Waals surface area contributed by atoms with Crippen molar-refractivity contribution in [3.63, 3.8) is 0 Å². The summed E-state index contributed by atoms with van der Waals surface area (Å²) in [5.74, 6) is -0.332. The number of aromatic nitrogens is 2. The first-order chi connectivity index (χ1) is 15.5. The molecule has 0 N–H and O–H groups in total. The number of benzene rings is 2. The fourth-order valence-electron chi connectivity index (χ4n) is 3.97. The van der Waals surface area contributed by atoms with Gasteiger partial charge in [-0.3, -0.25) is 9.97 Å². The van der Waals surface area contributed by atoms with Gasteiger partial charge >= 0.3 is 0 Å². The summed E-state index contributed by atoms with van der Waals surface area (Å²) in [6, 6.07) is 22.6. The van der Waals surface area contributed by atoms with Gasteiger partial charge in [-0.25, -0.2) is 4.39 Å². The molecular formula is C29H31FN2Si. The number of hydrogen-bond acceptors (Lipinski definition) is 2. The molecule has 0 aliphatic heterocycles. The van der Waals surface area contributed by atoms with Gasteiger partial charge in [-0.2, -0.15) is 0 Å². The summed E-state index contributed by atoms with van der Waals surface area (Å²) in [5.41, 5.74) is 7.21. The lowest BCUT2D eigenvalue weighted by Gasteiger charge is -2.23. The maximum absolute atomic E-state index is 13.7. The molecule has 2 heterocycles. The van der Waals surface area contributed by atoms with Crippen molar-refractivity contribution < 1.29 is 4.39 Å². The predicted molar refractivity (Wildman–Crippen MR) is 140 cm³/mol. The van der Waals surface area contributed by atoms with Gasteiger partial charge in [0.05, 0.1) is 25.7 Å². The summed E-state index contributed by atoms with van der Waals surface area (Å²) < 4.78 is 13.7. The normalized spacial score (nSPS) is 12.1. The van der Waals surface area contributed by atoms with Crippen LogP contribution in [0.5, 0.6) is 0 Å². The van der Waals surface area contributed by atoms with Crippen LogP contribution in [0.4, 0.5) is 4.39 Å². The van der Waals surface area contributed by atoms with Crippen LogP contribution in [0.15, 0.2) is 79.1 Å². The van der Waals surface area contributed by atoms with E-state index in [1.54, 1.807) is 6.07 Å². The zero-order valence-corrected chi connectivity index (χ0v) is 21.3. The lowest BCUT2D eigenvalue weighted by atomic mass is 9.83. The molecule has 0 saturated carbocycles. The lowest BCUT2D eigenvalue weighted by molar-refractivity contribution is 0.590. The molecule has 0 unspecified atom stereocenters. The van der Waals surface area contributed by atoms with Crippen molar-refractivity contribution in [2.45, 2.75) is 45.8 Å². The van der Waals surface area contributed by atoms with E-state index >= 15 is 0 Å². The number of hydrogen-bond donors (Lipinski definition) is 0. The maximum Gasteiger partial charge on any atom is 0.141 e. The Labute approximate surface area is 197 Å². The minimum Gasteiger partial charge on any atom is -0.256 e. The van der Waals surface area contributed by atoms with E-state index in [0.717, 1.165) is 33.6 Å². The molecule has 4 heteroatoms. The van der Waals surface area contributed by atoms with Crippen LogP contribution in [0.3, 0.4) is 0 Å². The Kier molecular flexibility index (Phi) is 6.06. The fourth-order valence-corrected chi connectivity index (χ4v) is 5.13. The first-order valence-electron chi connectivity index (χ1n) is 11.4. The monoisotopic (exact) mass is 454 g/mol. The Balaban J connectivity index is 2.01. The molecule has 4 rings (SSSR count). The second kappa shape index (κ2) is 8.68. The van der Waals surface area contributed by atoms with Crippen LogP contribution in [0, 0.1) is 5.82 Å². The largest absolute Gasteiger partial charge is 0.256 e. The van der Waals surface area contributed by atoms with E-state index in [1.165, 1.54) is 23.0 Å². The summed E-state index contributed by atoms with van der Waals surface area (Å²) in [5, 5.41) is 1.39. The molecule has 2 nitrogen and oxygen atoms in total. The molecule has 4 aromatic rings. The molecule has 0 saturated heterocycles. The SMILES string of the molecule is CC(C)(C)c1ccc(-c2ccc([Si](C)(C)C)cc2-c2ccccn2)c(-c2ccc(F)cn2)c1. The molecule has 2 aromatic carbocycles. The maximum atomic E-state index is 13.7. The highest BCUT2D eigenvalue weighted by Crippen LogP contribution is 2.39. The van der Waals surface area contributed by atoms with E-state index in [-0.39, 0.29) is 11.2 Å². The summed E-state index contributed by atoms with van der Waals surface area (Å²) in [6.45, 7) is 13.7. The Bertz CT molecular complexity index is 1270. The Morgan fingerprint density at radius 1 is 0.697 bits per heavy atom. The highest BCUT2D eigenvalue weighted by molar-refractivity contribution is 6.88. The van der Waals surface area contributed by atoms with Crippen LogP contribution in [-0.2, 0) is 5.41 Å². The summed E-state index contributed by atoms with van der Waals surface area (Å²) in [6.07, 6.45) is 3.13. The molecule has 168 valence electrons. The first kappa shape index (κ1) is 23.1. The second-order valence-electron chi connectivity index (χ2n) is 10.6. The zero-order chi connectivity index (χ0) is 23.8. The third-order valence-corrected chi connectivity index (χ3v) is 8.05. The minimum atomic E-state index is -1.52. The van der Waals surface area contributed by atoms with E-state index < -0.39 is 8.07 Å². The summed E-state index contributed by atoms with van der Waals surface area (Å²) >= 11 is 0. The average Bonchev–Trinajstić information content (AvgIpc) is 2.78. The van der Waals surface area contributed by atoms with E-state index in [1.807, 2.05) is 18.3 Å². The third kappa shape index (κ3) is 4.96. The summed E-state index contributed by atoms with van der Waals surface area (Å²) in [7, 11) is -1.52.